The highest BCUT2D eigenvalue weighted by molar-refractivity contribution is 5.98. The van der Waals surface area contributed by atoms with E-state index in [2.05, 4.69) is 58.6 Å². The van der Waals surface area contributed by atoms with Crippen molar-refractivity contribution < 1.29 is 14.3 Å². The number of nitrogens with zero attached hydrogens (tertiary/aromatic N) is 2. The SMILES string of the molecule is CC1(C)CC2CC(C)(CN2C(=O)c2cccc(CN3C(=O)COc4ccc(C(C)(C)C)cc43)c2)C1. The highest BCUT2D eigenvalue weighted by atomic mass is 16.5. The lowest BCUT2D eigenvalue weighted by molar-refractivity contribution is -0.121. The zero-order valence-electron chi connectivity index (χ0n) is 22.0. The Morgan fingerprint density at radius 1 is 1.09 bits per heavy atom. The molecule has 0 aromatic heterocycles. The number of fused-ring (bicyclic) bond motifs is 3. The Bertz CT molecular complexity index is 1180. The van der Waals surface area contributed by atoms with E-state index in [0.29, 0.717) is 18.2 Å². The van der Waals surface area contributed by atoms with Gasteiger partial charge in [-0.3, -0.25) is 9.59 Å². The molecule has 2 unspecified atom stereocenters. The highest BCUT2D eigenvalue weighted by Gasteiger charge is 2.51. The number of carbonyl (C=O) groups excluding carboxylic acids is 2. The minimum Gasteiger partial charge on any atom is -0.482 e. The van der Waals surface area contributed by atoms with Gasteiger partial charge in [0.25, 0.3) is 11.8 Å². The lowest BCUT2D eigenvalue weighted by atomic mass is 9.65. The molecule has 2 fully saturated rings. The van der Waals surface area contributed by atoms with Crippen LogP contribution in [0, 0.1) is 10.8 Å². The third-order valence-corrected chi connectivity index (χ3v) is 7.96. The Balaban J connectivity index is 1.40. The Hall–Kier alpha value is -2.82. The van der Waals surface area contributed by atoms with Crippen LogP contribution >= 0.6 is 0 Å². The molecule has 0 spiro atoms. The molecule has 2 atom stereocenters. The van der Waals surface area contributed by atoms with Gasteiger partial charge in [-0.2, -0.15) is 0 Å². The van der Waals surface area contributed by atoms with E-state index in [4.69, 9.17) is 4.74 Å². The van der Waals surface area contributed by atoms with E-state index in [1.165, 1.54) is 0 Å². The van der Waals surface area contributed by atoms with Crippen molar-refractivity contribution in [3.63, 3.8) is 0 Å². The minimum atomic E-state index is -0.0659. The van der Waals surface area contributed by atoms with Crippen LogP contribution in [0.3, 0.4) is 0 Å². The molecule has 2 aromatic carbocycles. The third-order valence-electron chi connectivity index (χ3n) is 7.96. The van der Waals surface area contributed by atoms with Crippen LogP contribution in [0.15, 0.2) is 42.5 Å². The maximum absolute atomic E-state index is 13.6. The second-order valence-corrected chi connectivity index (χ2v) is 13.0. The van der Waals surface area contributed by atoms with Gasteiger partial charge in [0, 0.05) is 18.2 Å². The zero-order chi connectivity index (χ0) is 25.2. The molecule has 2 bridgehead atoms. The molecule has 35 heavy (non-hydrogen) atoms. The maximum atomic E-state index is 13.6. The Morgan fingerprint density at radius 2 is 1.86 bits per heavy atom. The van der Waals surface area contributed by atoms with Crippen molar-refractivity contribution in [3.8, 4) is 5.75 Å². The highest BCUT2D eigenvalue weighted by Crippen LogP contribution is 2.52. The first kappa shape index (κ1) is 23.9. The summed E-state index contributed by atoms with van der Waals surface area (Å²) in [6.07, 6.45) is 3.32. The number of benzene rings is 2. The molecular weight excluding hydrogens is 436 g/mol. The fourth-order valence-corrected chi connectivity index (χ4v) is 6.69. The first-order chi connectivity index (χ1) is 16.3. The van der Waals surface area contributed by atoms with Crippen molar-refractivity contribution in [3.05, 3.63) is 59.2 Å². The average Bonchev–Trinajstić information content (AvgIpc) is 3.03. The fraction of sp³-hybridized carbons (Fsp3) is 0.533. The summed E-state index contributed by atoms with van der Waals surface area (Å²) in [6, 6.07) is 14.2. The van der Waals surface area contributed by atoms with Crippen molar-refractivity contribution >= 4 is 17.5 Å². The second kappa shape index (κ2) is 8.11. The Kier molecular flexibility index (Phi) is 5.54. The summed E-state index contributed by atoms with van der Waals surface area (Å²) in [5, 5.41) is 0. The van der Waals surface area contributed by atoms with E-state index in [9.17, 15) is 9.59 Å². The van der Waals surface area contributed by atoms with Crippen molar-refractivity contribution in [2.75, 3.05) is 18.1 Å². The summed E-state index contributed by atoms with van der Waals surface area (Å²) in [5.41, 5.74) is 4.05. The summed E-state index contributed by atoms with van der Waals surface area (Å²) in [7, 11) is 0. The van der Waals surface area contributed by atoms with Crippen LogP contribution in [0.4, 0.5) is 5.69 Å². The van der Waals surface area contributed by atoms with E-state index in [1.54, 1.807) is 4.90 Å². The van der Waals surface area contributed by atoms with Gasteiger partial charge in [0.1, 0.15) is 5.75 Å². The van der Waals surface area contributed by atoms with E-state index in [0.717, 1.165) is 48.4 Å². The molecule has 5 rings (SSSR count). The molecule has 0 radical (unpaired) electrons. The van der Waals surface area contributed by atoms with Crippen LogP contribution in [0.2, 0.25) is 0 Å². The molecule has 5 nitrogen and oxygen atoms in total. The molecule has 2 aliphatic heterocycles. The molecule has 1 saturated carbocycles. The number of likely N-dealkylation sites (tertiary alicyclic amines) is 1. The second-order valence-electron chi connectivity index (χ2n) is 13.0. The van der Waals surface area contributed by atoms with Crippen molar-refractivity contribution in [1.82, 2.24) is 4.90 Å². The number of amides is 2. The Labute approximate surface area is 209 Å². The lowest BCUT2D eigenvalue weighted by Gasteiger charge is -2.39. The minimum absolute atomic E-state index is 0.0321. The molecule has 2 aromatic rings. The number of anilines is 1. The molecule has 1 aliphatic carbocycles. The van der Waals surface area contributed by atoms with Crippen molar-refractivity contribution in [2.45, 2.75) is 78.8 Å². The van der Waals surface area contributed by atoms with E-state index >= 15 is 0 Å². The molecular formula is C30H38N2O3. The van der Waals surface area contributed by atoms with Crippen molar-refractivity contribution in [1.29, 1.82) is 0 Å². The molecule has 1 saturated heterocycles. The van der Waals surface area contributed by atoms with Gasteiger partial charge in [-0.1, -0.05) is 59.7 Å². The van der Waals surface area contributed by atoms with E-state index in [-0.39, 0.29) is 34.7 Å². The van der Waals surface area contributed by atoms with E-state index in [1.807, 2.05) is 30.3 Å². The predicted octanol–water partition coefficient (Wildman–Crippen LogP) is 5.95. The van der Waals surface area contributed by atoms with Crippen LogP contribution in [0.5, 0.6) is 5.75 Å². The van der Waals surface area contributed by atoms with Gasteiger partial charge >= 0.3 is 0 Å². The molecule has 2 heterocycles. The van der Waals surface area contributed by atoms with Gasteiger partial charge in [-0.25, -0.2) is 0 Å². The summed E-state index contributed by atoms with van der Waals surface area (Å²) >= 11 is 0. The summed E-state index contributed by atoms with van der Waals surface area (Å²) < 4.78 is 5.72. The van der Waals surface area contributed by atoms with Gasteiger partial charge in [-0.05, 0) is 70.9 Å². The molecule has 5 heteroatoms. The topological polar surface area (TPSA) is 49.9 Å². The first-order valence-electron chi connectivity index (χ1n) is 12.8. The van der Waals surface area contributed by atoms with Gasteiger partial charge in [-0.15, -0.1) is 0 Å². The van der Waals surface area contributed by atoms with Crippen molar-refractivity contribution in [2.24, 2.45) is 10.8 Å². The van der Waals surface area contributed by atoms with Gasteiger partial charge in [0.15, 0.2) is 6.61 Å². The fourth-order valence-electron chi connectivity index (χ4n) is 6.69. The monoisotopic (exact) mass is 474 g/mol. The largest absolute Gasteiger partial charge is 0.482 e. The van der Waals surface area contributed by atoms with Gasteiger partial charge in [0.05, 0.1) is 12.2 Å². The summed E-state index contributed by atoms with van der Waals surface area (Å²) in [4.78, 5) is 30.4. The van der Waals surface area contributed by atoms with Crippen LogP contribution in [0.1, 0.15) is 82.3 Å². The van der Waals surface area contributed by atoms with Crippen LogP contribution in [0.25, 0.3) is 0 Å². The number of hydrogen-bond acceptors (Lipinski definition) is 3. The molecule has 3 aliphatic rings. The lowest BCUT2D eigenvalue weighted by Crippen LogP contribution is -2.39. The third kappa shape index (κ3) is 4.57. The number of rotatable bonds is 3. The zero-order valence-corrected chi connectivity index (χ0v) is 22.0. The molecule has 0 N–H and O–H groups in total. The summed E-state index contributed by atoms with van der Waals surface area (Å²) in [6.45, 7) is 14.7. The van der Waals surface area contributed by atoms with E-state index < -0.39 is 0 Å². The normalized spacial score (nSPS) is 25.3. The predicted molar refractivity (Wildman–Crippen MR) is 139 cm³/mol. The Morgan fingerprint density at radius 3 is 2.60 bits per heavy atom. The van der Waals surface area contributed by atoms with Crippen LogP contribution in [-0.2, 0) is 16.8 Å². The molecule has 186 valence electrons. The average molecular weight is 475 g/mol. The van der Waals surface area contributed by atoms with Crippen LogP contribution in [-0.4, -0.2) is 35.9 Å². The first-order valence-corrected chi connectivity index (χ1v) is 12.8. The van der Waals surface area contributed by atoms with Crippen LogP contribution < -0.4 is 9.64 Å². The summed E-state index contributed by atoms with van der Waals surface area (Å²) in [5.74, 6) is 0.774. The number of carbonyl (C=O) groups is 2. The standard InChI is InChI=1S/C30H38N2O3/c1-28(2,3)22-10-11-25-24(13-22)31(26(33)17-35-25)16-20-8-7-9-21(12-20)27(34)32-19-30(6)15-23(32)14-29(4,5)18-30/h7-13,23H,14-19H2,1-6H3. The number of ether oxygens (including phenoxy) is 1. The quantitative estimate of drug-likeness (QED) is 0.552. The van der Waals surface area contributed by atoms with Gasteiger partial charge < -0.3 is 14.5 Å². The van der Waals surface area contributed by atoms with Gasteiger partial charge in [0.2, 0.25) is 0 Å². The number of hydrogen-bond donors (Lipinski definition) is 0. The smallest absolute Gasteiger partial charge is 0.265 e. The molecule has 2 amide bonds. The maximum Gasteiger partial charge on any atom is 0.265 e.